The Labute approximate surface area is 451 Å². The first kappa shape index (κ1) is 61.9. The summed E-state index contributed by atoms with van der Waals surface area (Å²) >= 11 is 0. The van der Waals surface area contributed by atoms with Crippen LogP contribution in [0.4, 0.5) is 0 Å². The highest BCUT2D eigenvalue weighted by Crippen LogP contribution is 2.76. The summed E-state index contributed by atoms with van der Waals surface area (Å²) in [7, 11) is 0. The largest absolute Gasteiger partial charge is 0.396 e. The Balaban J connectivity index is 1.02. The molecule has 5 aliphatic carbocycles. The minimum atomic E-state index is -1.84. The summed E-state index contributed by atoms with van der Waals surface area (Å²) in [4.78, 5) is 0. The molecule has 30 atom stereocenters. The maximum atomic E-state index is 12.9. The van der Waals surface area contributed by atoms with E-state index in [1.54, 1.807) is 0 Å². The number of aliphatic hydroxyl groups excluding tert-OH is 15. The summed E-state index contributed by atoms with van der Waals surface area (Å²) in [5, 5.41) is 164. The molecule has 0 aromatic heterocycles. The molecule has 3 saturated heterocycles. The zero-order chi connectivity index (χ0) is 56.6. The average Bonchev–Trinajstić information content (AvgIpc) is 4.04. The first-order chi connectivity index (χ1) is 36.0. The third-order valence-corrected chi connectivity index (χ3v) is 21.2. The fourth-order valence-corrected chi connectivity index (χ4v) is 16.9. The van der Waals surface area contributed by atoms with Gasteiger partial charge in [0.05, 0.1) is 62.0 Å². The fraction of sp³-hybridized carbons (Fsp3) is 0.964. The molecule has 0 aromatic rings. The fourth-order valence-electron chi connectivity index (χ4n) is 16.9. The lowest BCUT2D eigenvalue weighted by Gasteiger charge is -2.71. The first-order valence-electron chi connectivity index (χ1n) is 28.2. The molecule has 5 saturated carbocycles. The maximum Gasteiger partial charge on any atom is 0.187 e. The van der Waals surface area contributed by atoms with E-state index in [1.807, 2.05) is 34.6 Å². The van der Waals surface area contributed by atoms with Gasteiger partial charge in [0.2, 0.25) is 0 Å². The molecule has 0 aromatic carbocycles. The molecule has 22 nitrogen and oxygen atoms in total. The van der Waals surface area contributed by atoms with Crippen molar-refractivity contribution >= 4 is 0 Å². The lowest BCUT2D eigenvalue weighted by atomic mass is 9.34. The van der Waals surface area contributed by atoms with Crippen molar-refractivity contribution in [3.63, 3.8) is 0 Å². The Bertz CT molecular complexity index is 2000. The molecule has 3 aliphatic heterocycles. The smallest absolute Gasteiger partial charge is 0.187 e. The predicted molar refractivity (Wildman–Crippen MR) is 269 cm³/mol. The van der Waals surface area contributed by atoms with Gasteiger partial charge in [-0.2, -0.15) is 0 Å². The maximum absolute atomic E-state index is 12.9. The average molecular weight is 1110 g/mol. The number of ether oxygens (including phenoxy) is 7. The van der Waals surface area contributed by atoms with Crippen molar-refractivity contribution in [1.82, 2.24) is 0 Å². The third-order valence-electron chi connectivity index (χ3n) is 21.2. The van der Waals surface area contributed by atoms with E-state index < -0.39 is 181 Å². The summed E-state index contributed by atoms with van der Waals surface area (Å²) in [6.07, 6.45) is -22.4. The number of allylic oxidation sites excluding steroid dienone is 2. The molecule has 0 amide bonds. The van der Waals surface area contributed by atoms with E-state index >= 15 is 0 Å². The molecule has 0 spiro atoms. The Morgan fingerprint density at radius 3 is 1.82 bits per heavy atom. The van der Waals surface area contributed by atoms with Crippen LogP contribution in [0.15, 0.2) is 11.6 Å². The summed E-state index contributed by atoms with van der Waals surface area (Å²) in [5.41, 5.74) is -2.48. The summed E-state index contributed by atoms with van der Waals surface area (Å²) in [5.74, 6) is -1.80. The normalized spacial score (nSPS) is 52.7. The second kappa shape index (κ2) is 23.5. The molecule has 22 heteroatoms. The van der Waals surface area contributed by atoms with Crippen LogP contribution in [0.3, 0.4) is 0 Å². The van der Waals surface area contributed by atoms with E-state index in [0.717, 1.165) is 5.57 Å². The van der Waals surface area contributed by atoms with Gasteiger partial charge in [-0.15, -0.1) is 0 Å². The van der Waals surface area contributed by atoms with Gasteiger partial charge in [-0.25, -0.2) is 0 Å². The molecular weight excluding hydrogens is 1010 g/mol. The van der Waals surface area contributed by atoms with Crippen LogP contribution in [0.25, 0.3) is 0 Å². The topological polar surface area (TPSA) is 368 Å². The Kier molecular flexibility index (Phi) is 18.9. The summed E-state index contributed by atoms with van der Waals surface area (Å²) in [6.45, 7) is 14.5. The first-order valence-corrected chi connectivity index (χ1v) is 28.2. The second-order valence-corrected chi connectivity index (χ2v) is 26.3. The monoisotopic (exact) mass is 1110 g/mol. The van der Waals surface area contributed by atoms with Crippen LogP contribution in [0.5, 0.6) is 0 Å². The van der Waals surface area contributed by atoms with Gasteiger partial charge >= 0.3 is 0 Å². The van der Waals surface area contributed by atoms with Gasteiger partial charge in [0.15, 0.2) is 18.9 Å². The number of fused-ring (bicyclic) bond motifs is 5. The Hall–Kier alpha value is -1.14. The minimum Gasteiger partial charge on any atom is -0.396 e. The zero-order valence-corrected chi connectivity index (χ0v) is 46.1. The van der Waals surface area contributed by atoms with Crippen LogP contribution >= 0.6 is 0 Å². The molecule has 0 bridgehead atoms. The summed E-state index contributed by atoms with van der Waals surface area (Å²) in [6, 6.07) is 0. The lowest BCUT2D eigenvalue weighted by Crippen LogP contribution is -2.70. The molecule has 3 heterocycles. The minimum absolute atomic E-state index is 0.0811. The molecular formula is C55H94O22. The lowest BCUT2D eigenvalue weighted by molar-refractivity contribution is -0.380. The quantitative estimate of drug-likeness (QED) is 0.0615. The van der Waals surface area contributed by atoms with Gasteiger partial charge in [-0.05, 0) is 124 Å². The van der Waals surface area contributed by atoms with Gasteiger partial charge in [-0.3, -0.25) is 0 Å². The SMILES string of the molecule is CC(C)=CCC[C@](C)(OC1O[C@H](CO[C@@H]2C[C@H](CO)[C@@H](O)[C@H](O)C2)[C@@H](O)[C@H](O)[C@H]1O)C1CC[C@]2(C)C1C(O)CC1[C@@]3(C)CCC(O[C@@H]4O[C@H](CO)[C@@H](O)[C@H](O)[C@H]4O[C@H]4O[C@@H](CO)[C@H](O)[C@@H](O)[C@@H]4O)C(C)(C)C3C(O)C[C@]12C. The van der Waals surface area contributed by atoms with E-state index in [-0.39, 0.29) is 43.8 Å². The molecule has 8 aliphatic rings. The molecule has 15 N–H and O–H groups in total. The van der Waals surface area contributed by atoms with Crippen molar-refractivity contribution in [3.8, 4) is 0 Å². The Morgan fingerprint density at radius 1 is 0.597 bits per heavy atom. The molecule has 8 unspecified atom stereocenters. The van der Waals surface area contributed by atoms with Crippen molar-refractivity contribution in [2.75, 3.05) is 26.4 Å². The van der Waals surface area contributed by atoms with E-state index in [2.05, 4.69) is 26.8 Å². The van der Waals surface area contributed by atoms with Crippen molar-refractivity contribution < 1.29 is 110 Å². The van der Waals surface area contributed by atoms with Crippen LogP contribution in [0, 0.1) is 51.2 Å². The predicted octanol–water partition coefficient (Wildman–Crippen LogP) is -1.54. The van der Waals surface area contributed by atoms with Crippen LogP contribution < -0.4 is 0 Å². The highest BCUT2D eigenvalue weighted by molar-refractivity contribution is 5.22. The highest BCUT2D eigenvalue weighted by Gasteiger charge is 2.74. The van der Waals surface area contributed by atoms with Crippen LogP contribution in [-0.2, 0) is 33.2 Å². The van der Waals surface area contributed by atoms with Crippen molar-refractivity contribution in [2.45, 2.75) is 254 Å². The van der Waals surface area contributed by atoms with Crippen molar-refractivity contribution in [3.05, 3.63) is 11.6 Å². The van der Waals surface area contributed by atoms with Crippen LogP contribution in [0.1, 0.15) is 120 Å². The number of aliphatic hydroxyl groups is 15. The van der Waals surface area contributed by atoms with Gasteiger partial charge in [0.1, 0.15) is 73.2 Å². The number of hydrogen-bond donors (Lipinski definition) is 15. The molecule has 8 rings (SSSR count). The zero-order valence-electron chi connectivity index (χ0n) is 46.1. The van der Waals surface area contributed by atoms with E-state index in [9.17, 15) is 76.6 Å². The standard InChI is InChI=1S/C55H94O22/c1-24(2)10-9-13-55(8,77-49-45(70)42(67)40(65)33(74-49)23-71-26-16-25(20-56)37(62)29(60)17-26)27-11-15-53(6)36(27)28(59)18-34-52(5)14-12-35(51(3,4)47(52)30(61)19-54(34,53)7)75-50-46(43(68)39(64)32(22-58)73-50)76-48-44(69)41(66)38(63)31(21-57)72-48/h10,25-50,56-70H,9,11-23H2,1-8H3/t25-,26-,27?,28?,29-,30?,31+,32-,33-,34?,35?,36?,37-,38+,39-,40-,41-,42+,43+,44+,45-,46-,47?,48-,49?,50+,52-,53-,54-,55+/m1/s1. The number of hydrogen-bond acceptors (Lipinski definition) is 22. The van der Waals surface area contributed by atoms with Gasteiger partial charge < -0.3 is 110 Å². The summed E-state index contributed by atoms with van der Waals surface area (Å²) < 4.78 is 43.8. The molecule has 8 fully saturated rings. The molecule has 0 radical (unpaired) electrons. The Morgan fingerprint density at radius 2 is 1.19 bits per heavy atom. The van der Waals surface area contributed by atoms with E-state index in [0.29, 0.717) is 51.4 Å². The molecule has 77 heavy (non-hydrogen) atoms. The van der Waals surface area contributed by atoms with Crippen molar-refractivity contribution in [1.29, 1.82) is 0 Å². The van der Waals surface area contributed by atoms with E-state index in [1.165, 1.54) is 0 Å². The number of rotatable bonds is 16. The highest BCUT2D eigenvalue weighted by atomic mass is 16.8. The van der Waals surface area contributed by atoms with Gasteiger partial charge in [0.25, 0.3) is 0 Å². The molecule has 446 valence electrons. The second-order valence-electron chi connectivity index (χ2n) is 26.3. The van der Waals surface area contributed by atoms with E-state index in [4.69, 9.17) is 33.2 Å². The van der Waals surface area contributed by atoms with Crippen LogP contribution in [0.2, 0.25) is 0 Å². The van der Waals surface area contributed by atoms with Gasteiger partial charge in [0, 0.05) is 18.9 Å². The van der Waals surface area contributed by atoms with Crippen molar-refractivity contribution in [2.24, 2.45) is 51.2 Å². The van der Waals surface area contributed by atoms with Crippen LogP contribution in [-0.4, -0.2) is 237 Å². The van der Waals surface area contributed by atoms with Gasteiger partial charge in [-0.1, -0.05) is 46.3 Å². The third kappa shape index (κ3) is 11.0.